The van der Waals surface area contributed by atoms with Gasteiger partial charge >= 0.3 is 0 Å². The van der Waals surface area contributed by atoms with Gasteiger partial charge in [-0.25, -0.2) is 4.39 Å². The first kappa shape index (κ1) is 20.1. The van der Waals surface area contributed by atoms with E-state index in [1.54, 1.807) is 28.4 Å². The lowest BCUT2D eigenvalue weighted by Gasteiger charge is -2.38. The molecule has 0 saturated heterocycles. The van der Waals surface area contributed by atoms with Crippen LogP contribution in [0, 0.1) is 11.7 Å². The molecule has 29 heavy (non-hydrogen) atoms. The number of carbonyl (C=O) groups is 2. The van der Waals surface area contributed by atoms with Crippen molar-refractivity contribution in [3.05, 3.63) is 57.5 Å². The number of hydrogen-bond donors (Lipinski definition) is 0. The molecule has 0 radical (unpaired) electrons. The lowest BCUT2D eigenvalue weighted by atomic mass is 9.84. The molecule has 2 heterocycles. The third-order valence-corrected chi connectivity index (χ3v) is 7.05. The molecule has 1 aromatic heterocycles. The summed E-state index contributed by atoms with van der Waals surface area (Å²) in [5, 5.41) is 2.05. The molecule has 1 saturated carbocycles. The average Bonchev–Trinajstić information content (AvgIpc) is 3.15. The van der Waals surface area contributed by atoms with Crippen molar-refractivity contribution >= 4 is 23.2 Å². The number of hydrogen-bond acceptors (Lipinski definition) is 3. The molecule has 2 aliphatic rings. The van der Waals surface area contributed by atoms with Gasteiger partial charge in [-0.2, -0.15) is 0 Å². The molecular formula is C23H27FN2O2S. The predicted octanol–water partition coefficient (Wildman–Crippen LogP) is 4.40. The van der Waals surface area contributed by atoms with Crippen molar-refractivity contribution in [2.24, 2.45) is 5.92 Å². The van der Waals surface area contributed by atoms with Crippen molar-refractivity contribution in [3.8, 4) is 0 Å². The molecule has 1 aromatic carbocycles. The van der Waals surface area contributed by atoms with Crippen LogP contribution in [0.1, 0.15) is 54.7 Å². The number of nitrogens with zero attached hydrogens (tertiary/aromatic N) is 2. The summed E-state index contributed by atoms with van der Waals surface area (Å²) in [7, 11) is 0. The maximum atomic E-state index is 13.5. The van der Waals surface area contributed by atoms with Crippen LogP contribution in [0.4, 0.5) is 4.39 Å². The molecule has 4 nitrogen and oxygen atoms in total. The van der Waals surface area contributed by atoms with Gasteiger partial charge in [0.2, 0.25) is 11.8 Å². The summed E-state index contributed by atoms with van der Waals surface area (Å²) in [6.45, 7) is 3.39. The summed E-state index contributed by atoms with van der Waals surface area (Å²) in [6.07, 6.45) is 4.63. The van der Waals surface area contributed by atoms with E-state index in [1.165, 1.54) is 17.0 Å². The number of rotatable bonds is 6. The van der Waals surface area contributed by atoms with Crippen molar-refractivity contribution in [1.82, 2.24) is 9.80 Å². The number of halogens is 1. The maximum absolute atomic E-state index is 13.5. The summed E-state index contributed by atoms with van der Waals surface area (Å²) < 4.78 is 13.5. The second-order valence-corrected chi connectivity index (χ2v) is 8.98. The Morgan fingerprint density at radius 1 is 1.21 bits per heavy atom. The number of benzene rings is 1. The Hall–Kier alpha value is -2.21. The molecule has 6 heteroatoms. The van der Waals surface area contributed by atoms with Crippen molar-refractivity contribution < 1.29 is 14.0 Å². The number of amides is 2. The van der Waals surface area contributed by atoms with Gasteiger partial charge in [0, 0.05) is 23.9 Å². The minimum atomic E-state index is -0.284. The fourth-order valence-electron chi connectivity index (χ4n) is 4.29. The summed E-state index contributed by atoms with van der Waals surface area (Å²) in [5.41, 5.74) is 2.03. The molecule has 1 atom stereocenters. The van der Waals surface area contributed by atoms with Crippen molar-refractivity contribution in [3.63, 3.8) is 0 Å². The van der Waals surface area contributed by atoms with E-state index in [4.69, 9.17) is 0 Å². The molecule has 1 fully saturated rings. The van der Waals surface area contributed by atoms with Gasteiger partial charge in [-0.1, -0.05) is 25.5 Å². The third-order valence-electron chi connectivity index (χ3n) is 6.06. The van der Waals surface area contributed by atoms with Gasteiger partial charge in [-0.15, -0.1) is 11.3 Å². The van der Waals surface area contributed by atoms with E-state index >= 15 is 0 Å². The van der Waals surface area contributed by atoms with Crippen molar-refractivity contribution in [2.45, 2.75) is 45.1 Å². The first-order valence-electron chi connectivity index (χ1n) is 10.5. The van der Waals surface area contributed by atoms with Crippen molar-refractivity contribution in [2.75, 3.05) is 19.6 Å². The van der Waals surface area contributed by atoms with Crippen LogP contribution >= 0.6 is 11.3 Å². The second kappa shape index (κ2) is 8.66. The SMILES string of the molecule is CCCN(CC(=O)N1CCc2sccc2[C@H]1c1ccc(F)cc1)C(=O)C1CCC1. The van der Waals surface area contributed by atoms with Crippen LogP contribution in [0.25, 0.3) is 0 Å². The van der Waals surface area contributed by atoms with E-state index in [0.29, 0.717) is 13.1 Å². The van der Waals surface area contributed by atoms with E-state index in [0.717, 1.165) is 43.2 Å². The Morgan fingerprint density at radius 3 is 2.62 bits per heavy atom. The van der Waals surface area contributed by atoms with Gasteiger partial charge < -0.3 is 9.80 Å². The molecule has 1 aliphatic carbocycles. The number of carbonyl (C=O) groups excluding carboxylic acids is 2. The van der Waals surface area contributed by atoms with E-state index in [2.05, 4.69) is 11.4 Å². The van der Waals surface area contributed by atoms with E-state index in [9.17, 15) is 14.0 Å². The fraction of sp³-hybridized carbons (Fsp3) is 0.478. The van der Waals surface area contributed by atoms with Crippen LogP contribution in [0.5, 0.6) is 0 Å². The molecule has 0 spiro atoms. The second-order valence-electron chi connectivity index (χ2n) is 7.98. The third kappa shape index (κ3) is 4.08. The average molecular weight is 415 g/mol. The van der Waals surface area contributed by atoms with Gasteiger partial charge in [-0.3, -0.25) is 9.59 Å². The van der Waals surface area contributed by atoms with Gasteiger partial charge in [0.25, 0.3) is 0 Å². The Kier molecular flexibility index (Phi) is 5.99. The molecule has 2 amide bonds. The zero-order valence-corrected chi connectivity index (χ0v) is 17.6. The molecule has 1 aliphatic heterocycles. The molecular weight excluding hydrogens is 387 g/mol. The first-order chi connectivity index (χ1) is 14.1. The topological polar surface area (TPSA) is 40.6 Å². The molecule has 154 valence electrons. The van der Waals surface area contributed by atoms with Gasteiger partial charge in [0.15, 0.2) is 0 Å². The lowest BCUT2D eigenvalue weighted by molar-refractivity contribution is -0.145. The van der Waals surface area contributed by atoms with Crippen LogP contribution in [0.15, 0.2) is 35.7 Å². The van der Waals surface area contributed by atoms with Crippen LogP contribution in [-0.4, -0.2) is 41.2 Å². The summed E-state index contributed by atoms with van der Waals surface area (Å²) in [6, 6.07) is 8.26. The fourth-order valence-corrected chi connectivity index (χ4v) is 5.20. The highest BCUT2D eigenvalue weighted by Crippen LogP contribution is 2.38. The normalized spacial score (nSPS) is 18.8. The Labute approximate surface area is 175 Å². The highest BCUT2D eigenvalue weighted by Gasteiger charge is 2.35. The summed E-state index contributed by atoms with van der Waals surface area (Å²) in [4.78, 5) is 31.1. The quantitative estimate of drug-likeness (QED) is 0.703. The predicted molar refractivity (Wildman–Crippen MR) is 112 cm³/mol. The van der Waals surface area contributed by atoms with Crippen molar-refractivity contribution in [1.29, 1.82) is 0 Å². The zero-order valence-electron chi connectivity index (χ0n) is 16.8. The summed E-state index contributed by atoms with van der Waals surface area (Å²) >= 11 is 1.71. The molecule has 4 rings (SSSR count). The Morgan fingerprint density at radius 2 is 1.97 bits per heavy atom. The highest BCUT2D eigenvalue weighted by molar-refractivity contribution is 7.10. The maximum Gasteiger partial charge on any atom is 0.242 e. The largest absolute Gasteiger partial charge is 0.333 e. The highest BCUT2D eigenvalue weighted by atomic mass is 32.1. The Balaban J connectivity index is 1.58. The number of fused-ring (bicyclic) bond motifs is 1. The van der Waals surface area contributed by atoms with Crippen LogP contribution in [0.3, 0.4) is 0 Å². The number of thiophene rings is 1. The zero-order chi connectivity index (χ0) is 20.4. The van der Waals surface area contributed by atoms with E-state index in [1.807, 2.05) is 11.8 Å². The smallest absolute Gasteiger partial charge is 0.242 e. The van der Waals surface area contributed by atoms with E-state index in [-0.39, 0.29) is 36.1 Å². The molecule has 0 bridgehead atoms. The Bertz CT molecular complexity index is 875. The lowest BCUT2D eigenvalue weighted by Crippen LogP contribution is -2.48. The van der Waals surface area contributed by atoms with Gasteiger partial charge in [0.05, 0.1) is 12.6 Å². The van der Waals surface area contributed by atoms with Crippen LogP contribution in [-0.2, 0) is 16.0 Å². The van der Waals surface area contributed by atoms with Gasteiger partial charge in [0.1, 0.15) is 5.82 Å². The molecule has 0 N–H and O–H groups in total. The van der Waals surface area contributed by atoms with E-state index < -0.39 is 0 Å². The van der Waals surface area contributed by atoms with Gasteiger partial charge in [-0.05, 0) is 60.4 Å². The first-order valence-corrected chi connectivity index (χ1v) is 11.4. The minimum Gasteiger partial charge on any atom is -0.333 e. The van der Waals surface area contributed by atoms with Crippen LogP contribution < -0.4 is 0 Å². The molecule has 2 aromatic rings. The van der Waals surface area contributed by atoms with Crippen LogP contribution in [0.2, 0.25) is 0 Å². The minimum absolute atomic E-state index is 0.0303. The standard InChI is InChI=1S/C23H27FN2O2S/c1-2-12-25(23(28)17-4-3-5-17)15-21(27)26-13-10-20-19(11-14-29-20)22(26)16-6-8-18(24)9-7-16/h6-9,11,14,17,22H,2-5,10,12-13,15H2,1H3/t22-/m1/s1. The monoisotopic (exact) mass is 414 g/mol. The molecule has 0 unspecified atom stereocenters. The summed E-state index contributed by atoms with van der Waals surface area (Å²) in [5.74, 6) is -0.101.